The molecule has 0 saturated carbocycles. The highest BCUT2D eigenvalue weighted by Gasteiger charge is 2.28. The van der Waals surface area contributed by atoms with E-state index in [-0.39, 0.29) is 17.5 Å². The van der Waals surface area contributed by atoms with E-state index in [0.29, 0.717) is 35.5 Å². The molecule has 0 aromatic heterocycles. The third-order valence-electron chi connectivity index (χ3n) is 3.93. The summed E-state index contributed by atoms with van der Waals surface area (Å²) in [5.41, 5.74) is 1.96. The van der Waals surface area contributed by atoms with Crippen LogP contribution in [0.3, 0.4) is 0 Å². The van der Waals surface area contributed by atoms with Crippen LogP contribution in [-0.4, -0.2) is 26.6 Å². The van der Waals surface area contributed by atoms with Gasteiger partial charge in [0.05, 0.1) is 11.4 Å². The van der Waals surface area contributed by atoms with Crippen LogP contribution in [0.5, 0.6) is 0 Å². The minimum atomic E-state index is -3.29. The summed E-state index contributed by atoms with van der Waals surface area (Å²) in [4.78, 5) is 12.4. The van der Waals surface area contributed by atoms with Gasteiger partial charge in [-0.2, -0.15) is 0 Å². The molecule has 0 bridgehead atoms. The summed E-state index contributed by atoms with van der Waals surface area (Å²) in [7, 11) is -3.29. The topological polar surface area (TPSA) is 66.5 Å². The molecule has 0 atom stereocenters. The molecule has 0 spiro atoms. The number of nitrogens with one attached hydrogen (secondary N) is 1. The van der Waals surface area contributed by atoms with Gasteiger partial charge in [-0.25, -0.2) is 12.8 Å². The van der Waals surface area contributed by atoms with Gasteiger partial charge in [0.15, 0.2) is 0 Å². The van der Waals surface area contributed by atoms with Gasteiger partial charge in [-0.3, -0.25) is 9.10 Å². The van der Waals surface area contributed by atoms with Crippen molar-refractivity contribution in [2.75, 3.05) is 21.9 Å². The van der Waals surface area contributed by atoms with Gasteiger partial charge in [-0.1, -0.05) is 6.07 Å². The molecule has 0 radical (unpaired) electrons. The van der Waals surface area contributed by atoms with Crippen LogP contribution >= 0.6 is 0 Å². The Labute approximate surface area is 140 Å². The maximum absolute atomic E-state index is 13.1. The Bertz CT molecular complexity index is 896. The molecule has 1 amide bonds. The van der Waals surface area contributed by atoms with Crippen molar-refractivity contribution < 1.29 is 17.6 Å². The molecule has 126 valence electrons. The lowest BCUT2D eigenvalue weighted by atomic mass is 10.1. The number of aryl methyl sites for hydroxylation is 1. The van der Waals surface area contributed by atoms with Gasteiger partial charge in [0, 0.05) is 17.8 Å². The number of benzene rings is 2. The summed E-state index contributed by atoms with van der Waals surface area (Å²) in [6.07, 6.45) is 0.577. The monoisotopic (exact) mass is 348 g/mol. The zero-order chi connectivity index (χ0) is 17.3. The summed E-state index contributed by atoms with van der Waals surface area (Å²) < 4.78 is 38.5. The van der Waals surface area contributed by atoms with Crippen molar-refractivity contribution in [1.29, 1.82) is 0 Å². The summed E-state index contributed by atoms with van der Waals surface area (Å²) in [5.74, 6) is -0.618. The number of amides is 1. The van der Waals surface area contributed by atoms with E-state index in [2.05, 4.69) is 5.32 Å². The maximum atomic E-state index is 13.1. The normalized spacial score (nSPS) is 16.2. The minimum Gasteiger partial charge on any atom is -0.322 e. The van der Waals surface area contributed by atoms with Crippen LogP contribution in [0.2, 0.25) is 0 Å². The summed E-state index contributed by atoms with van der Waals surface area (Å²) >= 11 is 0. The molecule has 1 aliphatic heterocycles. The van der Waals surface area contributed by atoms with Crippen LogP contribution in [0.15, 0.2) is 42.5 Å². The highest BCUT2D eigenvalue weighted by molar-refractivity contribution is 7.93. The highest BCUT2D eigenvalue weighted by atomic mass is 32.2. The van der Waals surface area contributed by atoms with Crippen molar-refractivity contribution in [1.82, 2.24) is 0 Å². The van der Waals surface area contributed by atoms with Crippen LogP contribution in [0.25, 0.3) is 0 Å². The second-order valence-corrected chi connectivity index (χ2v) is 7.72. The number of hydrogen-bond donors (Lipinski definition) is 1. The summed E-state index contributed by atoms with van der Waals surface area (Å²) in [5, 5.41) is 2.72. The fraction of sp³-hybridized carbons (Fsp3) is 0.235. The molecular formula is C17H17FN2O3S. The van der Waals surface area contributed by atoms with E-state index in [4.69, 9.17) is 0 Å². The molecule has 1 heterocycles. The third kappa shape index (κ3) is 3.26. The Kier molecular flexibility index (Phi) is 4.28. The Morgan fingerprint density at radius 1 is 1.21 bits per heavy atom. The number of anilines is 2. The third-order valence-corrected chi connectivity index (χ3v) is 5.80. The van der Waals surface area contributed by atoms with Gasteiger partial charge in [-0.05, 0) is 55.3 Å². The smallest absolute Gasteiger partial charge is 0.255 e. The molecule has 5 nitrogen and oxygen atoms in total. The first-order valence-electron chi connectivity index (χ1n) is 7.55. The second-order valence-electron chi connectivity index (χ2n) is 5.71. The number of rotatable bonds is 3. The van der Waals surface area contributed by atoms with E-state index in [1.807, 2.05) is 0 Å². The van der Waals surface area contributed by atoms with Gasteiger partial charge in [0.1, 0.15) is 5.82 Å². The number of hydrogen-bond acceptors (Lipinski definition) is 3. The van der Waals surface area contributed by atoms with Crippen molar-refractivity contribution in [3.63, 3.8) is 0 Å². The van der Waals surface area contributed by atoms with E-state index >= 15 is 0 Å². The van der Waals surface area contributed by atoms with Crippen molar-refractivity contribution in [2.45, 2.75) is 13.3 Å². The van der Waals surface area contributed by atoms with Gasteiger partial charge in [0.25, 0.3) is 5.91 Å². The number of sulfonamides is 1. The van der Waals surface area contributed by atoms with E-state index in [9.17, 15) is 17.6 Å². The summed E-state index contributed by atoms with van der Waals surface area (Å²) in [6.45, 7) is 2.12. The van der Waals surface area contributed by atoms with E-state index in [1.165, 1.54) is 22.5 Å². The predicted octanol–water partition coefficient (Wildman–Crippen LogP) is 2.93. The van der Waals surface area contributed by atoms with Crippen LogP contribution in [0.1, 0.15) is 22.3 Å². The van der Waals surface area contributed by atoms with Gasteiger partial charge in [0.2, 0.25) is 10.0 Å². The van der Waals surface area contributed by atoms with Crippen LogP contribution < -0.4 is 9.62 Å². The standard InChI is InChI=1S/C17H17FN2O3S/c1-12-10-14(18)6-7-16(12)19-17(21)13-4-2-5-15(11-13)20-8-3-9-24(20,22)23/h2,4-7,10-11H,3,8-9H2,1H3,(H,19,21). The van der Waals surface area contributed by atoms with Crippen LogP contribution in [-0.2, 0) is 10.0 Å². The molecule has 1 N–H and O–H groups in total. The first-order chi connectivity index (χ1) is 11.4. The van der Waals surface area contributed by atoms with Crippen LogP contribution in [0.4, 0.5) is 15.8 Å². The Morgan fingerprint density at radius 3 is 2.67 bits per heavy atom. The van der Waals surface area contributed by atoms with E-state index in [0.717, 1.165) is 0 Å². The average molecular weight is 348 g/mol. The quantitative estimate of drug-likeness (QED) is 0.927. The van der Waals surface area contributed by atoms with Gasteiger partial charge >= 0.3 is 0 Å². The number of carbonyl (C=O) groups excluding carboxylic acids is 1. The van der Waals surface area contributed by atoms with Gasteiger partial charge < -0.3 is 5.32 Å². The molecule has 1 saturated heterocycles. The first-order valence-corrected chi connectivity index (χ1v) is 9.16. The molecule has 2 aromatic carbocycles. The lowest BCUT2D eigenvalue weighted by molar-refractivity contribution is 0.102. The Hall–Kier alpha value is -2.41. The molecule has 0 aliphatic carbocycles. The SMILES string of the molecule is Cc1cc(F)ccc1NC(=O)c1cccc(N2CCCS2(=O)=O)c1. The Balaban J connectivity index is 1.84. The summed E-state index contributed by atoms with van der Waals surface area (Å²) in [6, 6.07) is 10.6. The number of halogens is 1. The largest absolute Gasteiger partial charge is 0.322 e. The van der Waals surface area contributed by atoms with Crippen LogP contribution in [0, 0.1) is 12.7 Å². The maximum Gasteiger partial charge on any atom is 0.255 e. The van der Waals surface area contributed by atoms with Crippen molar-refractivity contribution >= 4 is 27.3 Å². The Morgan fingerprint density at radius 2 is 2.00 bits per heavy atom. The van der Waals surface area contributed by atoms with Crippen molar-refractivity contribution in [3.8, 4) is 0 Å². The highest BCUT2D eigenvalue weighted by Crippen LogP contribution is 2.25. The number of nitrogens with zero attached hydrogens (tertiary/aromatic N) is 1. The van der Waals surface area contributed by atoms with Gasteiger partial charge in [-0.15, -0.1) is 0 Å². The average Bonchev–Trinajstić information content (AvgIpc) is 2.89. The molecule has 24 heavy (non-hydrogen) atoms. The minimum absolute atomic E-state index is 0.123. The lowest BCUT2D eigenvalue weighted by Gasteiger charge is -2.17. The van der Waals surface area contributed by atoms with E-state index < -0.39 is 10.0 Å². The van der Waals surface area contributed by atoms with Crippen molar-refractivity contribution in [2.24, 2.45) is 0 Å². The number of carbonyl (C=O) groups is 1. The first kappa shape index (κ1) is 16.4. The lowest BCUT2D eigenvalue weighted by Crippen LogP contribution is -2.25. The molecule has 3 rings (SSSR count). The molecule has 2 aromatic rings. The molecule has 0 unspecified atom stereocenters. The fourth-order valence-corrected chi connectivity index (χ4v) is 4.25. The zero-order valence-corrected chi connectivity index (χ0v) is 13.9. The molecule has 1 fully saturated rings. The molecule has 1 aliphatic rings. The fourth-order valence-electron chi connectivity index (χ4n) is 2.69. The second kappa shape index (κ2) is 6.24. The molecular weight excluding hydrogens is 331 g/mol. The molecule has 7 heteroatoms. The zero-order valence-electron chi connectivity index (χ0n) is 13.1. The predicted molar refractivity (Wildman–Crippen MR) is 91.3 cm³/mol. The van der Waals surface area contributed by atoms with E-state index in [1.54, 1.807) is 31.2 Å². The van der Waals surface area contributed by atoms with Crippen molar-refractivity contribution in [3.05, 3.63) is 59.4 Å².